The van der Waals surface area contributed by atoms with Crippen LogP contribution in [0.4, 0.5) is 0 Å². The average molecular weight is 224 g/mol. The third-order valence-corrected chi connectivity index (χ3v) is 3.29. The number of carbonyl (C=O) groups is 1. The molecule has 0 aromatic carbocycles. The molecule has 2 rings (SSSR count). The minimum Gasteiger partial charge on any atom is -0.464 e. The van der Waals surface area contributed by atoms with Crippen molar-refractivity contribution in [1.29, 1.82) is 0 Å². The van der Waals surface area contributed by atoms with Gasteiger partial charge in [0.05, 0.1) is 12.8 Å². The molecule has 0 spiro atoms. The van der Waals surface area contributed by atoms with Crippen molar-refractivity contribution in [2.75, 3.05) is 7.11 Å². The van der Waals surface area contributed by atoms with Crippen LogP contribution in [0.3, 0.4) is 0 Å². The molecule has 1 saturated carbocycles. The van der Waals surface area contributed by atoms with Gasteiger partial charge in [-0.25, -0.2) is 9.59 Å². The van der Waals surface area contributed by atoms with Crippen LogP contribution in [-0.2, 0) is 11.8 Å². The number of hydrogen-bond acceptors (Lipinski definition) is 3. The fraction of sp³-hybridized carbons (Fsp3) is 0.636. The first kappa shape index (κ1) is 11.0. The number of aromatic nitrogens is 2. The van der Waals surface area contributed by atoms with Crippen LogP contribution >= 0.6 is 0 Å². The van der Waals surface area contributed by atoms with Gasteiger partial charge in [0.2, 0.25) is 0 Å². The third kappa shape index (κ3) is 1.66. The van der Waals surface area contributed by atoms with Crippen molar-refractivity contribution in [3.63, 3.8) is 0 Å². The lowest BCUT2D eigenvalue weighted by Crippen LogP contribution is -2.15. The predicted octanol–water partition coefficient (Wildman–Crippen LogP) is 1.16. The molecule has 88 valence electrons. The molecule has 0 aliphatic heterocycles. The van der Waals surface area contributed by atoms with Gasteiger partial charge in [0.25, 0.3) is 0 Å². The molecule has 16 heavy (non-hydrogen) atoms. The van der Waals surface area contributed by atoms with Gasteiger partial charge in [0, 0.05) is 13.0 Å². The fourth-order valence-electron chi connectivity index (χ4n) is 2.47. The van der Waals surface area contributed by atoms with E-state index in [4.69, 9.17) is 0 Å². The zero-order valence-electron chi connectivity index (χ0n) is 9.58. The Kier molecular flexibility index (Phi) is 2.85. The Morgan fingerprint density at radius 2 is 2.06 bits per heavy atom. The zero-order chi connectivity index (χ0) is 11.7. The molecule has 1 heterocycles. The maximum Gasteiger partial charge on any atom is 0.356 e. The highest BCUT2D eigenvalue weighted by Crippen LogP contribution is 2.34. The lowest BCUT2D eigenvalue weighted by Gasteiger charge is -2.11. The molecular formula is C11H16N2O3. The number of hydrogen-bond donors (Lipinski definition) is 1. The molecule has 1 aliphatic rings. The Balaban J connectivity index is 2.48. The molecule has 1 aliphatic carbocycles. The van der Waals surface area contributed by atoms with Gasteiger partial charge in [-0.2, -0.15) is 0 Å². The van der Waals surface area contributed by atoms with E-state index in [0.29, 0.717) is 11.6 Å². The standard InChI is InChI=1S/C11H16N2O3/c1-13-9(7-5-3-4-6-7)8(10(14)16-2)12-11(13)15/h7H,3-6H2,1-2H3,(H,12,15). The van der Waals surface area contributed by atoms with Crippen LogP contribution in [0.25, 0.3) is 0 Å². The van der Waals surface area contributed by atoms with Gasteiger partial charge in [-0.3, -0.25) is 9.55 Å². The van der Waals surface area contributed by atoms with E-state index in [1.165, 1.54) is 11.7 Å². The molecule has 0 saturated heterocycles. The van der Waals surface area contributed by atoms with E-state index in [-0.39, 0.29) is 5.69 Å². The second kappa shape index (κ2) is 4.15. The predicted molar refractivity (Wildman–Crippen MR) is 58.6 cm³/mol. The zero-order valence-corrected chi connectivity index (χ0v) is 9.58. The number of esters is 1. The summed E-state index contributed by atoms with van der Waals surface area (Å²) in [6.07, 6.45) is 4.39. The van der Waals surface area contributed by atoms with E-state index >= 15 is 0 Å². The highest BCUT2D eigenvalue weighted by molar-refractivity contribution is 5.88. The van der Waals surface area contributed by atoms with E-state index in [2.05, 4.69) is 9.72 Å². The number of rotatable bonds is 2. The van der Waals surface area contributed by atoms with Crippen molar-refractivity contribution >= 4 is 5.97 Å². The maximum absolute atomic E-state index is 11.6. The van der Waals surface area contributed by atoms with E-state index in [9.17, 15) is 9.59 Å². The Hall–Kier alpha value is -1.52. The number of aromatic amines is 1. The van der Waals surface area contributed by atoms with Gasteiger partial charge >= 0.3 is 11.7 Å². The first-order chi connectivity index (χ1) is 7.65. The lowest BCUT2D eigenvalue weighted by molar-refractivity contribution is 0.0592. The summed E-state index contributed by atoms with van der Waals surface area (Å²) in [5, 5.41) is 0. The summed E-state index contributed by atoms with van der Waals surface area (Å²) < 4.78 is 6.21. The first-order valence-electron chi connectivity index (χ1n) is 5.52. The average Bonchev–Trinajstić information content (AvgIpc) is 2.87. The Labute approximate surface area is 93.4 Å². The number of nitrogens with one attached hydrogen (secondary N) is 1. The van der Waals surface area contributed by atoms with E-state index < -0.39 is 5.97 Å². The van der Waals surface area contributed by atoms with Crippen LogP contribution < -0.4 is 5.69 Å². The van der Waals surface area contributed by atoms with Crippen LogP contribution in [0.5, 0.6) is 0 Å². The molecule has 0 bridgehead atoms. The van der Waals surface area contributed by atoms with Crippen LogP contribution in [0.2, 0.25) is 0 Å². The number of H-pyrrole nitrogens is 1. The molecule has 1 fully saturated rings. The summed E-state index contributed by atoms with van der Waals surface area (Å²) in [5.41, 5.74) is 0.874. The number of ether oxygens (including phenoxy) is 1. The van der Waals surface area contributed by atoms with Gasteiger partial charge in [-0.1, -0.05) is 12.8 Å². The summed E-state index contributed by atoms with van der Waals surface area (Å²) in [6.45, 7) is 0. The Morgan fingerprint density at radius 3 is 2.62 bits per heavy atom. The largest absolute Gasteiger partial charge is 0.464 e. The highest BCUT2D eigenvalue weighted by Gasteiger charge is 2.27. The molecule has 5 nitrogen and oxygen atoms in total. The van der Waals surface area contributed by atoms with Crippen molar-refractivity contribution in [3.8, 4) is 0 Å². The monoisotopic (exact) mass is 224 g/mol. The van der Waals surface area contributed by atoms with Gasteiger partial charge in [0.1, 0.15) is 5.69 Å². The number of methoxy groups -OCH3 is 1. The van der Waals surface area contributed by atoms with Crippen molar-refractivity contribution < 1.29 is 9.53 Å². The topological polar surface area (TPSA) is 64.1 Å². The van der Waals surface area contributed by atoms with Crippen LogP contribution in [0.1, 0.15) is 47.8 Å². The van der Waals surface area contributed by atoms with Crippen LogP contribution in [0, 0.1) is 0 Å². The molecule has 0 amide bonds. The number of carbonyl (C=O) groups excluding carboxylic acids is 1. The number of nitrogens with zero attached hydrogens (tertiary/aromatic N) is 1. The normalized spacial score (nSPS) is 16.6. The Morgan fingerprint density at radius 1 is 1.44 bits per heavy atom. The second-order valence-corrected chi connectivity index (χ2v) is 4.22. The quantitative estimate of drug-likeness (QED) is 0.766. The van der Waals surface area contributed by atoms with Gasteiger partial charge in [0.15, 0.2) is 0 Å². The molecular weight excluding hydrogens is 208 g/mol. The summed E-state index contributed by atoms with van der Waals surface area (Å²) in [5.74, 6) is -0.155. The van der Waals surface area contributed by atoms with Crippen molar-refractivity contribution in [2.45, 2.75) is 31.6 Å². The van der Waals surface area contributed by atoms with E-state index in [0.717, 1.165) is 31.4 Å². The van der Waals surface area contributed by atoms with Crippen LogP contribution in [0.15, 0.2) is 4.79 Å². The molecule has 5 heteroatoms. The van der Waals surface area contributed by atoms with Gasteiger partial charge in [-0.05, 0) is 12.8 Å². The fourth-order valence-corrected chi connectivity index (χ4v) is 2.47. The van der Waals surface area contributed by atoms with Gasteiger partial charge in [-0.15, -0.1) is 0 Å². The van der Waals surface area contributed by atoms with Gasteiger partial charge < -0.3 is 4.74 Å². The molecule has 0 radical (unpaired) electrons. The van der Waals surface area contributed by atoms with E-state index in [1.54, 1.807) is 7.05 Å². The summed E-state index contributed by atoms with van der Waals surface area (Å²) in [6, 6.07) is 0. The number of imidazole rings is 1. The minimum absolute atomic E-state index is 0.248. The first-order valence-corrected chi connectivity index (χ1v) is 5.52. The molecule has 0 unspecified atom stereocenters. The lowest BCUT2D eigenvalue weighted by atomic mass is 10.0. The van der Waals surface area contributed by atoms with Crippen LogP contribution in [-0.4, -0.2) is 22.6 Å². The smallest absolute Gasteiger partial charge is 0.356 e. The summed E-state index contributed by atoms with van der Waals surface area (Å²) in [4.78, 5) is 25.7. The SMILES string of the molecule is COC(=O)c1[nH]c(=O)n(C)c1C1CCCC1. The minimum atomic E-state index is -0.459. The maximum atomic E-state index is 11.6. The van der Waals surface area contributed by atoms with E-state index in [1.807, 2.05) is 0 Å². The second-order valence-electron chi connectivity index (χ2n) is 4.22. The molecule has 0 atom stereocenters. The summed E-state index contributed by atoms with van der Waals surface area (Å²) >= 11 is 0. The van der Waals surface area contributed by atoms with Crippen molar-refractivity contribution in [3.05, 3.63) is 21.9 Å². The molecule has 1 N–H and O–H groups in total. The third-order valence-electron chi connectivity index (χ3n) is 3.29. The van der Waals surface area contributed by atoms with Crippen molar-refractivity contribution in [1.82, 2.24) is 9.55 Å². The Bertz CT molecular complexity index is 452. The molecule has 1 aromatic heterocycles. The highest BCUT2D eigenvalue weighted by atomic mass is 16.5. The summed E-state index contributed by atoms with van der Waals surface area (Å²) in [7, 11) is 3.02. The van der Waals surface area contributed by atoms with Crippen molar-refractivity contribution in [2.24, 2.45) is 7.05 Å². The molecule has 1 aromatic rings.